The van der Waals surface area contributed by atoms with Crippen LogP contribution in [0, 0.1) is 17.0 Å². The van der Waals surface area contributed by atoms with Crippen molar-refractivity contribution < 1.29 is 13.6 Å². The number of aryl methyl sites for hydroxylation is 1. The van der Waals surface area contributed by atoms with Crippen molar-refractivity contribution in [3.63, 3.8) is 0 Å². The van der Waals surface area contributed by atoms with Crippen LogP contribution in [-0.2, 0) is 12.8 Å². The van der Waals surface area contributed by atoms with Gasteiger partial charge in [-0.15, -0.1) is 11.3 Å². The monoisotopic (exact) mass is 392 g/mol. The molecule has 1 atom stereocenters. The number of amides is 1. The number of halogens is 2. The van der Waals surface area contributed by atoms with E-state index in [1.165, 1.54) is 23.6 Å². The number of nitrogens with two attached hydrogens (primary N) is 2. The van der Waals surface area contributed by atoms with Crippen LogP contribution in [0.15, 0.2) is 30.5 Å². The fourth-order valence-electron chi connectivity index (χ4n) is 2.66. The summed E-state index contributed by atoms with van der Waals surface area (Å²) >= 11 is 1.33. The van der Waals surface area contributed by atoms with Crippen LogP contribution in [0.5, 0.6) is 0 Å². The molecule has 2 rings (SSSR count). The maximum absolute atomic E-state index is 13.4. The Kier molecular flexibility index (Phi) is 7.20. The zero-order chi connectivity index (χ0) is 20.0. The Morgan fingerprint density at radius 3 is 2.63 bits per heavy atom. The van der Waals surface area contributed by atoms with Crippen molar-refractivity contribution in [3.8, 4) is 0 Å². The summed E-state index contributed by atoms with van der Waals surface area (Å²) < 4.78 is 26.4. The Hall–Kier alpha value is -2.58. The number of allylic oxidation sites excluding steroid dienone is 1. The Morgan fingerprint density at radius 1 is 1.33 bits per heavy atom. The Morgan fingerprint density at radius 2 is 2.07 bits per heavy atom. The first-order valence-corrected chi connectivity index (χ1v) is 9.25. The number of rotatable bonds is 8. The van der Waals surface area contributed by atoms with Crippen LogP contribution in [0.25, 0.3) is 5.57 Å². The molecule has 0 aliphatic carbocycles. The molecular weight excluding hydrogens is 370 g/mol. The topological polar surface area (TPSA) is 105 Å². The summed E-state index contributed by atoms with van der Waals surface area (Å²) in [5.41, 5.74) is 13.1. The van der Waals surface area contributed by atoms with Gasteiger partial charge in [0.15, 0.2) is 11.6 Å². The Balaban J connectivity index is 2.16. The van der Waals surface area contributed by atoms with E-state index in [2.05, 4.69) is 5.32 Å². The minimum absolute atomic E-state index is 0.151. The first kappa shape index (κ1) is 20.7. The quantitative estimate of drug-likeness (QED) is 0.519. The molecule has 1 aromatic carbocycles. The van der Waals surface area contributed by atoms with Crippen LogP contribution in [-0.4, -0.2) is 24.7 Å². The van der Waals surface area contributed by atoms with Gasteiger partial charge in [0.1, 0.15) is 0 Å². The number of benzene rings is 1. The molecule has 8 heteroatoms. The van der Waals surface area contributed by atoms with Crippen LogP contribution in [0.3, 0.4) is 0 Å². The van der Waals surface area contributed by atoms with Gasteiger partial charge in [-0.25, -0.2) is 8.78 Å². The first-order chi connectivity index (χ1) is 12.9. The lowest BCUT2D eigenvalue weighted by atomic mass is 10.1. The van der Waals surface area contributed by atoms with E-state index in [-0.39, 0.29) is 18.9 Å². The standard InChI is InChI=1S/C19H22F2N4OS/c1-2-17-14(12(8-22)9-23)7-18(27-17)19(26)25-13(10-24)5-11-3-4-15(20)16(21)6-11/h3-4,6-9,13,22H,2,5,10,23-24H2,1H3,(H,25,26)/b12-9+,22-8?. The third kappa shape index (κ3) is 4.99. The molecule has 0 saturated heterocycles. The average Bonchev–Trinajstić information content (AvgIpc) is 3.09. The van der Waals surface area contributed by atoms with Crippen molar-refractivity contribution in [2.75, 3.05) is 6.54 Å². The Bertz CT molecular complexity index is 863. The number of hydrogen-bond acceptors (Lipinski definition) is 5. The van der Waals surface area contributed by atoms with Gasteiger partial charge in [-0.3, -0.25) is 4.79 Å². The van der Waals surface area contributed by atoms with E-state index in [1.807, 2.05) is 6.92 Å². The van der Waals surface area contributed by atoms with Gasteiger partial charge in [0.2, 0.25) is 0 Å². The molecule has 1 unspecified atom stereocenters. The zero-order valence-electron chi connectivity index (χ0n) is 14.9. The molecule has 0 radical (unpaired) electrons. The summed E-state index contributed by atoms with van der Waals surface area (Å²) in [6, 6.07) is 4.90. The lowest BCUT2D eigenvalue weighted by Crippen LogP contribution is -2.41. The molecule has 0 aliphatic rings. The maximum atomic E-state index is 13.4. The minimum atomic E-state index is -0.933. The Labute approximate surface area is 160 Å². The van der Waals surface area contributed by atoms with Gasteiger partial charge in [0.25, 0.3) is 5.91 Å². The van der Waals surface area contributed by atoms with E-state index in [1.54, 1.807) is 6.07 Å². The molecule has 6 N–H and O–H groups in total. The molecule has 0 fully saturated rings. The predicted octanol–water partition coefficient (Wildman–Crippen LogP) is 2.84. The number of thiophene rings is 1. The first-order valence-electron chi connectivity index (χ1n) is 8.43. The van der Waals surface area contributed by atoms with Crippen molar-refractivity contribution in [1.29, 1.82) is 5.41 Å². The summed E-state index contributed by atoms with van der Waals surface area (Å²) in [5, 5.41) is 10.3. The maximum Gasteiger partial charge on any atom is 0.261 e. The molecule has 0 spiro atoms. The van der Waals surface area contributed by atoms with Gasteiger partial charge in [0.05, 0.1) is 4.88 Å². The van der Waals surface area contributed by atoms with Crippen molar-refractivity contribution in [1.82, 2.24) is 5.32 Å². The normalized spacial score (nSPS) is 12.7. The van der Waals surface area contributed by atoms with Crippen molar-refractivity contribution in [2.45, 2.75) is 25.8 Å². The predicted molar refractivity (Wildman–Crippen MR) is 105 cm³/mol. The molecule has 5 nitrogen and oxygen atoms in total. The number of hydrogen-bond donors (Lipinski definition) is 4. The van der Waals surface area contributed by atoms with Crippen LogP contribution in [0.1, 0.15) is 32.6 Å². The zero-order valence-corrected chi connectivity index (χ0v) is 15.7. The smallest absolute Gasteiger partial charge is 0.261 e. The molecule has 1 amide bonds. The third-order valence-electron chi connectivity index (χ3n) is 4.09. The summed E-state index contributed by atoms with van der Waals surface area (Å²) in [6.07, 6.45) is 3.47. The second-order valence-corrected chi connectivity index (χ2v) is 7.06. The van der Waals surface area contributed by atoms with Crippen molar-refractivity contribution in [3.05, 3.63) is 63.0 Å². The van der Waals surface area contributed by atoms with Gasteiger partial charge in [-0.2, -0.15) is 0 Å². The van der Waals surface area contributed by atoms with Crippen molar-refractivity contribution >= 4 is 29.0 Å². The number of carbonyl (C=O) groups excluding carboxylic acids is 1. The highest BCUT2D eigenvalue weighted by atomic mass is 32.1. The highest BCUT2D eigenvalue weighted by molar-refractivity contribution is 7.14. The van der Waals surface area contributed by atoms with E-state index in [0.717, 1.165) is 28.8 Å². The molecule has 0 saturated carbocycles. The number of nitrogens with one attached hydrogen (secondary N) is 2. The van der Waals surface area contributed by atoms with Gasteiger partial charge in [0, 0.05) is 35.5 Å². The van der Waals surface area contributed by atoms with E-state index >= 15 is 0 Å². The molecule has 0 aliphatic heterocycles. The average molecular weight is 392 g/mol. The van der Waals surface area contributed by atoms with E-state index in [0.29, 0.717) is 22.4 Å². The van der Waals surface area contributed by atoms with Crippen LogP contribution < -0.4 is 16.8 Å². The van der Waals surface area contributed by atoms with Crippen LogP contribution in [0.2, 0.25) is 0 Å². The van der Waals surface area contributed by atoms with Gasteiger partial charge >= 0.3 is 0 Å². The second-order valence-electron chi connectivity index (χ2n) is 5.93. The van der Waals surface area contributed by atoms with Gasteiger partial charge in [-0.1, -0.05) is 13.0 Å². The summed E-state index contributed by atoms with van der Waals surface area (Å²) in [4.78, 5) is 14.0. The summed E-state index contributed by atoms with van der Waals surface area (Å²) in [7, 11) is 0. The SMILES string of the molecule is CCc1sc(C(=O)NC(CN)Cc2ccc(F)c(F)c2)cc1/C(C=N)=C/N. The van der Waals surface area contributed by atoms with Crippen LogP contribution in [0.4, 0.5) is 8.78 Å². The molecule has 2 aromatic rings. The molecule has 1 aromatic heterocycles. The lowest BCUT2D eigenvalue weighted by Gasteiger charge is -2.16. The highest BCUT2D eigenvalue weighted by Crippen LogP contribution is 2.28. The molecule has 1 heterocycles. The van der Waals surface area contributed by atoms with E-state index in [9.17, 15) is 13.6 Å². The van der Waals surface area contributed by atoms with E-state index < -0.39 is 17.7 Å². The molecular formula is C19H22F2N4OS. The van der Waals surface area contributed by atoms with Gasteiger partial charge in [-0.05, 0) is 42.2 Å². The summed E-state index contributed by atoms with van der Waals surface area (Å²) in [5.74, 6) is -2.15. The lowest BCUT2D eigenvalue weighted by molar-refractivity contribution is 0.0942. The highest BCUT2D eigenvalue weighted by Gasteiger charge is 2.19. The molecule has 27 heavy (non-hydrogen) atoms. The fourth-order valence-corrected chi connectivity index (χ4v) is 3.69. The largest absolute Gasteiger partial charge is 0.404 e. The van der Waals surface area contributed by atoms with Crippen LogP contribution >= 0.6 is 11.3 Å². The van der Waals surface area contributed by atoms with Crippen molar-refractivity contribution in [2.24, 2.45) is 11.5 Å². The summed E-state index contributed by atoms with van der Waals surface area (Å²) in [6.45, 7) is 2.11. The number of carbonyl (C=O) groups is 1. The second kappa shape index (κ2) is 9.38. The minimum Gasteiger partial charge on any atom is -0.404 e. The molecule has 144 valence electrons. The van der Waals surface area contributed by atoms with Gasteiger partial charge < -0.3 is 22.2 Å². The molecule has 0 bridgehead atoms. The van der Waals surface area contributed by atoms with E-state index in [4.69, 9.17) is 16.9 Å². The fraction of sp³-hybridized carbons (Fsp3) is 0.263. The third-order valence-corrected chi connectivity index (χ3v) is 5.36.